The van der Waals surface area contributed by atoms with Crippen LogP contribution in [0, 0.1) is 0 Å². The predicted molar refractivity (Wildman–Crippen MR) is 66.6 cm³/mol. The number of carboxylic acids is 2. The first-order valence-corrected chi connectivity index (χ1v) is 6.38. The normalized spacial score (nSPS) is 14.3. The van der Waals surface area contributed by atoms with Crippen molar-refractivity contribution >= 4 is 51.2 Å². The zero-order valence-corrected chi connectivity index (χ0v) is 10.7. The van der Waals surface area contributed by atoms with Crippen molar-refractivity contribution in [2.75, 3.05) is 0 Å². The summed E-state index contributed by atoms with van der Waals surface area (Å²) in [5, 5.41) is 16.2. The van der Waals surface area contributed by atoms with Gasteiger partial charge in [-0.1, -0.05) is 42.7 Å². The lowest BCUT2D eigenvalue weighted by atomic mass is 10.3. The molecule has 0 aromatic carbocycles. The minimum atomic E-state index is -0.952. The van der Waals surface area contributed by atoms with Crippen LogP contribution in [0.25, 0.3) is 0 Å². The number of rotatable bonds is 5. The van der Waals surface area contributed by atoms with Gasteiger partial charge in [0.25, 0.3) is 0 Å². The van der Waals surface area contributed by atoms with Gasteiger partial charge in [-0.3, -0.25) is 9.59 Å². The van der Waals surface area contributed by atoms with Gasteiger partial charge in [-0.2, -0.15) is 0 Å². The van der Waals surface area contributed by atoms with Crippen LogP contribution < -0.4 is 0 Å². The standard InChI is InChI=1S/C8H12O4S3/c1-3-5(7(11)12)15-8(13)14-4(2)6(9)10/h4-5H,3H2,1-2H3,(H,9,10)(H,11,12). The van der Waals surface area contributed by atoms with E-state index in [4.69, 9.17) is 22.4 Å². The highest BCUT2D eigenvalue weighted by Crippen LogP contribution is 2.27. The molecule has 2 unspecified atom stereocenters. The van der Waals surface area contributed by atoms with Gasteiger partial charge < -0.3 is 10.2 Å². The molecule has 0 aromatic rings. The molecule has 15 heavy (non-hydrogen) atoms. The average Bonchev–Trinajstić information content (AvgIpc) is 2.13. The van der Waals surface area contributed by atoms with Crippen LogP contribution in [0.15, 0.2) is 0 Å². The van der Waals surface area contributed by atoms with Gasteiger partial charge in [-0.15, -0.1) is 0 Å². The Bertz CT molecular complexity index is 267. The van der Waals surface area contributed by atoms with Crippen molar-refractivity contribution < 1.29 is 19.8 Å². The second-order valence-corrected chi connectivity index (χ2v) is 6.45. The van der Waals surface area contributed by atoms with E-state index in [1.807, 2.05) is 0 Å². The zero-order chi connectivity index (χ0) is 12.0. The van der Waals surface area contributed by atoms with Crippen molar-refractivity contribution in [3.05, 3.63) is 0 Å². The van der Waals surface area contributed by atoms with Crippen LogP contribution in [0.1, 0.15) is 20.3 Å². The molecule has 7 heteroatoms. The molecule has 0 bridgehead atoms. The van der Waals surface area contributed by atoms with Crippen LogP contribution in [0.3, 0.4) is 0 Å². The molecule has 86 valence electrons. The molecular weight excluding hydrogens is 256 g/mol. The third-order valence-corrected chi connectivity index (χ3v) is 4.42. The van der Waals surface area contributed by atoms with Gasteiger partial charge in [0, 0.05) is 0 Å². The quantitative estimate of drug-likeness (QED) is 0.739. The number of hydrogen-bond acceptors (Lipinski definition) is 5. The van der Waals surface area contributed by atoms with Crippen molar-refractivity contribution in [1.82, 2.24) is 0 Å². The number of carbonyl (C=O) groups is 2. The first-order valence-electron chi connectivity index (χ1n) is 4.21. The monoisotopic (exact) mass is 268 g/mol. The third kappa shape index (κ3) is 6.01. The first-order chi connectivity index (χ1) is 6.88. The summed E-state index contributed by atoms with van der Waals surface area (Å²) in [6, 6.07) is 0. The molecule has 0 heterocycles. The van der Waals surface area contributed by atoms with Crippen LogP contribution in [0.5, 0.6) is 0 Å². The number of thioether (sulfide) groups is 2. The molecule has 2 atom stereocenters. The Labute approximate surface area is 102 Å². The summed E-state index contributed by atoms with van der Waals surface area (Å²) in [5.41, 5.74) is 0. The van der Waals surface area contributed by atoms with E-state index in [1.165, 1.54) is 6.92 Å². The van der Waals surface area contributed by atoms with Gasteiger partial charge in [0.2, 0.25) is 0 Å². The second kappa shape index (κ2) is 7.08. The number of carboxylic acid groups (broad SMARTS) is 2. The van der Waals surface area contributed by atoms with E-state index in [2.05, 4.69) is 0 Å². The number of aliphatic carboxylic acids is 2. The highest BCUT2D eigenvalue weighted by molar-refractivity contribution is 8.47. The summed E-state index contributed by atoms with van der Waals surface area (Å²) in [7, 11) is 0. The Hall–Kier alpha value is -0.270. The second-order valence-electron chi connectivity index (χ2n) is 2.70. The van der Waals surface area contributed by atoms with Gasteiger partial charge in [0.1, 0.15) is 14.0 Å². The van der Waals surface area contributed by atoms with Gasteiger partial charge in [-0.25, -0.2) is 0 Å². The average molecular weight is 268 g/mol. The maximum Gasteiger partial charge on any atom is 0.317 e. The maximum absolute atomic E-state index is 10.7. The molecule has 0 amide bonds. The van der Waals surface area contributed by atoms with E-state index < -0.39 is 22.4 Å². The van der Waals surface area contributed by atoms with Crippen LogP contribution in [0.2, 0.25) is 0 Å². The summed E-state index contributed by atoms with van der Waals surface area (Å²) >= 11 is 6.94. The Balaban J connectivity index is 4.13. The lowest BCUT2D eigenvalue weighted by Gasteiger charge is -2.11. The maximum atomic E-state index is 10.7. The van der Waals surface area contributed by atoms with Crippen molar-refractivity contribution in [2.24, 2.45) is 0 Å². The molecule has 0 saturated carbocycles. The van der Waals surface area contributed by atoms with Crippen LogP contribution in [0.4, 0.5) is 0 Å². The van der Waals surface area contributed by atoms with E-state index in [1.54, 1.807) is 6.92 Å². The molecule has 0 rings (SSSR count). The summed E-state index contributed by atoms with van der Waals surface area (Å²) in [6.45, 7) is 3.27. The van der Waals surface area contributed by atoms with Crippen molar-refractivity contribution in [3.63, 3.8) is 0 Å². The molecule has 0 aliphatic heterocycles. The van der Waals surface area contributed by atoms with Crippen LogP contribution in [-0.4, -0.2) is 36.2 Å². The molecule has 0 aliphatic rings. The molecule has 0 saturated heterocycles. The molecular formula is C8H12O4S3. The fraction of sp³-hybridized carbons (Fsp3) is 0.625. The summed E-state index contributed by atoms with van der Waals surface area (Å²) in [4.78, 5) is 21.2. The minimum Gasteiger partial charge on any atom is -0.480 e. The predicted octanol–water partition coefficient (Wildman–Crippen LogP) is 2.07. The van der Waals surface area contributed by atoms with E-state index >= 15 is 0 Å². The fourth-order valence-corrected chi connectivity index (χ4v) is 3.32. The first kappa shape index (κ1) is 14.7. The van der Waals surface area contributed by atoms with Crippen molar-refractivity contribution in [2.45, 2.75) is 30.8 Å². The largest absolute Gasteiger partial charge is 0.480 e. The molecule has 4 nitrogen and oxygen atoms in total. The molecule has 0 aromatic heterocycles. The van der Waals surface area contributed by atoms with Gasteiger partial charge >= 0.3 is 11.9 Å². The van der Waals surface area contributed by atoms with Crippen LogP contribution >= 0.6 is 35.7 Å². The highest BCUT2D eigenvalue weighted by Gasteiger charge is 2.21. The van der Waals surface area contributed by atoms with E-state index in [-0.39, 0.29) is 0 Å². The summed E-state index contributed by atoms with van der Waals surface area (Å²) in [5.74, 6) is -1.88. The lowest BCUT2D eigenvalue weighted by molar-refractivity contribution is -0.137. The lowest BCUT2D eigenvalue weighted by Crippen LogP contribution is -2.18. The third-order valence-electron chi connectivity index (χ3n) is 1.51. The SMILES string of the molecule is CCC(SC(=S)SC(C)C(=O)O)C(=O)O. The fourth-order valence-electron chi connectivity index (χ4n) is 0.647. The van der Waals surface area contributed by atoms with Crippen LogP contribution in [-0.2, 0) is 9.59 Å². The Kier molecular flexibility index (Phi) is 6.95. The molecule has 0 fully saturated rings. The minimum absolute atomic E-state index is 0.360. The smallest absolute Gasteiger partial charge is 0.317 e. The number of thiocarbonyl (C=S) groups is 1. The molecule has 2 N–H and O–H groups in total. The van der Waals surface area contributed by atoms with Gasteiger partial charge in [0.15, 0.2) is 0 Å². The zero-order valence-electron chi connectivity index (χ0n) is 8.30. The Morgan fingerprint density at radius 3 is 2.13 bits per heavy atom. The summed E-state index contributed by atoms with van der Waals surface area (Å²) in [6.07, 6.45) is 0.460. The number of hydrogen-bond donors (Lipinski definition) is 2. The Morgan fingerprint density at radius 1 is 1.27 bits per heavy atom. The van der Waals surface area contributed by atoms with E-state index in [0.29, 0.717) is 9.95 Å². The van der Waals surface area contributed by atoms with Gasteiger partial charge in [-0.05, 0) is 13.3 Å². The molecule has 0 aliphatic carbocycles. The topological polar surface area (TPSA) is 74.6 Å². The van der Waals surface area contributed by atoms with E-state index in [0.717, 1.165) is 23.5 Å². The van der Waals surface area contributed by atoms with Crippen molar-refractivity contribution in [3.8, 4) is 0 Å². The summed E-state index contributed by atoms with van der Waals surface area (Å²) < 4.78 is 0.360. The van der Waals surface area contributed by atoms with E-state index in [9.17, 15) is 9.59 Å². The Morgan fingerprint density at radius 2 is 1.80 bits per heavy atom. The van der Waals surface area contributed by atoms with Crippen molar-refractivity contribution in [1.29, 1.82) is 0 Å². The van der Waals surface area contributed by atoms with Gasteiger partial charge in [0.05, 0.1) is 0 Å². The molecule has 0 spiro atoms. The highest BCUT2D eigenvalue weighted by atomic mass is 32.2. The molecule has 0 radical (unpaired) electrons.